The molecule has 0 aliphatic heterocycles. The summed E-state index contributed by atoms with van der Waals surface area (Å²) in [5.41, 5.74) is 0.00377. The number of halogens is 7. The molecule has 0 radical (unpaired) electrons. The molecule has 2 aromatic carbocycles. The van der Waals surface area contributed by atoms with Crippen molar-refractivity contribution in [1.82, 2.24) is 5.32 Å². The smallest absolute Gasteiger partial charge is 0.416 e. The van der Waals surface area contributed by atoms with E-state index in [9.17, 15) is 13.2 Å². The molecular formula is C21H18Cl4F3NO2. The maximum atomic E-state index is 12.5. The first kappa shape index (κ1) is 25.7. The molecule has 0 aromatic heterocycles. The third kappa shape index (κ3) is 9.21. The lowest BCUT2D eigenvalue weighted by atomic mass is 10.1. The van der Waals surface area contributed by atoms with Crippen molar-refractivity contribution in [3.63, 3.8) is 0 Å². The molecule has 0 fully saturated rings. The molecule has 0 heterocycles. The largest absolute Gasteiger partial charge is 0.489 e. The van der Waals surface area contributed by atoms with Crippen LogP contribution in [-0.2, 0) is 6.18 Å². The Morgan fingerprint density at radius 3 is 2.23 bits per heavy atom. The van der Waals surface area contributed by atoms with E-state index < -0.39 is 11.7 Å². The van der Waals surface area contributed by atoms with E-state index in [2.05, 4.69) is 5.32 Å². The molecule has 0 unspecified atom stereocenters. The molecule has 3 nitrogen and oxygen atoms in total. The molecule has 0 bridgehead atoms. The molecule has 1 N–H and O–H groups in total. The molecular weight excluding hydrogens is 497 g/mol. The van der Waals surface area contributed by atoms with Gasteiger partial charge in [-0.25, -0.2) is 0 Å². The first-order valence-corrected chi connectivity index (χ1v) is 10.5. The maximum Gasteiger partial charge on any atom is 0.416 e. The molecule has 2 rings (SSSR count). The first-order valence-electron chi connectivity index (χ1n) is 8.97. The quantitative estimate of drug-likeness (QED) is 0.335. The zero-order valence-corrected chi connectivity index (χ0v) is 19.0. The molecule has 0 saturated carbocycles. The van der Waals surface area contributed by atoms with Crippen molar-refractivity contribution in [1.29, 1.82) is 0 Å². The van der Waals surface area contributed by atoms with Gasteiger partial charge in [0.15, 0.2) is 5.75 Å². The summed E-state index contributed by atoms with van der Waals surface area (Å²) in [6.07, 6.45) is 0.676. The van der Waals surface area contributed by atoms with E-state index in [0.29, 0.717) is 46.8 Å². The van der Waals surface area contributed by atoms with Crippen LogP contribution in [0, 0.1) is 0 Å². The van der Waals surface area contributed by atoms with Gasteiger partial charge in [-0.05, 0) is 23.8 Å². The van der Waals surface area contributed by atoms with Crippen LogP contribution < -0.4 is 14.8 Å². The van der Waals surface area contributed by atoms with Crippen LogP contribution in [0.5, 0.6) is 11.5 Å². The van der Waals surface area contributed by atoms with Gasteiger partial charge in [-0.2, -0.15) is 13.2 Å². The standard InChI is InChI=1S/C21H18Cl4F3NO2/c22-17-12-16(30-10-7-19(24)25)13-18(23)20(17)31-11-9-29-8-1-2-14-3-5-15(6-4-14)21(26,27)28/h1-7,12-13,29H,8-11H2. The highest BCUT2D eigenvalue weighted by Crippen LogP contribution is 2.37. The third-order valence-corrected chi connectivity index (χ3v) is 4.67. The summed E-state index contributed by atoms with van der Waals surface area (Å²) in [7, 11) is 0. The van der Waals surface area contributed by atoms with Gasteiger partial charge in [0.05, 0.1) is 15.6 Å². The van der Waals surface area contributed by atoms with E-state index in [1.807, 2.05) is 0 Å². The second-order valence-electron chi connectivity index (χ2n) is 6.10. The Balaban J connectivity index is 1.73. The Morgan fingerprint density at radius 1 is 1.00 bits per heavy atom. The number of hydrogen-bond acceptors (Lipinski definition) is 3. The average molecular weight is 515 g/mol. The fourth-order valence-electron chi connectivity index (χ4n) is 2.35. The van der Waals surface area contributed by atoms with Gasteiger partial charge in [-0.15, -0.1) is 0 Å². The predicted molar refractivity (Wildman–Crippen MR) is 121 cm³/mol. The first-order chi connectivity index (χ1) is 14.7. The zero-order chi connectivity index (χ0) is 22.9. The van der Waals surface area contributed by atoms with E-state index in [4.69, 9.17) is 55.9 Å². The Kier molecular flexibility index (Phi) is 10.3. The summed E-state index contributed by atoms with van der Waals surface area (Å²) in [5.74, 6) is 0.781. The Morgan fingerprint density at radius 2 is 1.65 bits per heavy atom. The Labute approximate surface area is 198 Å². The zero-order valence-electron chi connectivity index (χ0n) is 16.0. The number of ether oxygens (including phenoxy) is 2. The number of nitrogens with one attached hydrogen (secondary N) is 1. The summed E-state index contributed by atoms with van der Waals surface area (Å²) < 4.78 is 48.7. The van der Waals surface area contributed by atoms with Crippen molar-refractivity contribution in [2.24, 2.45) is 0 Å². The molecule has 31 heavy (non-hydrogen) atoms. The van der Waals surface area contributed by atoms with E-state index in [1.165, 1.54) is 18.2 Å². The van der Waals surface area contributed by atoms with Gasteiger partial charge in [-0.1, -0.05) is 70.7 Å². The molecule has 0 aliphatic rings. The highest BCUT2D eigenvalue weighted by atomic mass is 35.5. The minimum absolute atomic E-state index is 0.0962. The number of alkyl halides is 3. The van der Waals surface area contributed by atoms with Crippen LogP contribution in [0.4, 0.5) is 13.2 Å². The minimum Gasteiger partial charge on any atom is -0.489 e. The predicted octanol–water partition coefficient (Wildman–Crippen LogP) is 7.39. The van der Waals surface area contributed by atoms with E-state index >= 15 is 0 Å². The lowest BCUT2D eigenvalue weighted by molar-refractivity contribution is -0.137. The average Bonchev–Trinajstić information content (AvgIpc) is 2.68. The Hall–Kier alpha value is -1.57. The van der Waals surface area contributed by atoms with Crippen molar-refractivity contribution < 1.29 is 22.6 Å². The van der Waals surface area contributed by atoms with Crippen LogP contribution in [0.25, 0.3) is 6.08 Å². The molecule has 10 heteroatoms. The molecule has 0 atom stereocenters. The van der Waals surface area contributed by atoms with Crippen LogP contribution in [0.15, 0.2) is 53.0 Å². The molecule has 0 saturated heterocycles. The third-order valence-electron chi connectivity index (χ3n) is 3.80. The van der Waals surface area contributed by atoms with Gasteiger partial charge in [0.25, 0.3) is 0 Å². The van der Waals surface area contributed by atoms with Gasteiger partial charge < -0.3 is 14.8 Å². The number of rotatable bonds is 10. The SMILES string of the molecule is FC(F)(F)c1ccc(C=CCNCCOc2c(Cl)cc(OCC=C(Cl)Cl)cc2Cl)cc1. The summed E-state index contributed by atoms with van der Waals surface area (Å²) in [6.45, 7) is 1.48. The lowest BCUT2D eigenvalue weighted by Gasteiger charge is -2.12. The topological polar surface area (TPSA) is 30.5 Å². The second kappa shape index (κ2) is 12.5. The summed E-state index contributed by atoms with van der Waals surface area (Å²) in [5, 5.41) is 3.71. The molecule has 0 aliphatic carbocycles. The fraction of sp³-hybridized carbons (Fsp3) is 0.238. The van der Waals surface area contributed by atoms with Crippen molar-refractivity contribution in [3.8, 4) is 11.5 Å². The molecule has 0 amide bonds. The van der Waals surface area contributed by atoms with Crippen molar-refractivity contribution in [3.05, 3.63) is 74.2 Å². The minimum atomic E-state index is -4.33. The van der Waals surface area contributed by atoms with E-state index in [-0.39, 0.29) is 11.1 Å². The van der Waals surface area contributed by atoms with Crippen molar-refractivity contribution in [2.75, 3.05) is 26.3 Å². The summed E-state index contributed by atoms with van der Waals surface area (Å²) >= 11 is 23.4. The van der Waals surface area contributed by atoms with E-state index in [1.54, 1.807) is 24.3 Å². The number of hydrogen-bond donors (Lipinski definition) is 1. The molecule has 168 valence electrons. The van der Waals surface area contributed by atoms with Crippen molar-refractivity contribution >= 4 is 52.5 Å². The highest BCUT2D eigenvalue weighted by molar-refractivity contribution is 6.55. The van der Waals surface area contributed by atoms with Crippen LogP contribution >= 0.6 is 46.4 Å². The molecule has 0 spiro atoms. The van der Waals surface area contributed by atoms with Crippen LogP contribution in [0.3, 0.4) is 0 Å². The van der Waals surface area contributed by atoms with Crippen LogP contribution in [0.2, 0.25) is 10.0 Å². The van der Waals surface area contributed by atoms with Crippen LogP contribution in [0.1, 0.15) is 11.1 Å². The van der Waals surface area contributed by atoms with Gasteiger partial charge in [0.2, 0.25) is 0 Å². The normalized spacial score (nSPS) is 11.6. The van der Waals surface area contributed by atoms with Gasteiger partial charge in [0, 0.05) is 25.2 Å². The lowest BCUT2D eigenvalue weighted by Crippen LogP contribution is -2.21. The van der Waals surface area contributed by atoms with Crippen molar-refractivity contribution in [2.45, 2.75) is 6.18 Å². The van der Waals surface area contributed by atoms with Gasteiger partial charge in [-0.3, -0.25) is 0 Å². The van der Waals surface area contributed by atoms with Gasteiger partial charge in [0.1, 0.15) is 23.5 Å². The summed E-state index contributed by atoms with van der Waals surface area (Å²) in [4.78, 5) is 0. The summed E-state index contributed by atoms with van der Waals surface area (Å²) in [6, 6.07) is 8.07. The monoisotopic (exact) mass is 513 g/mol. The maximum absolute atomic E-state index is 12.5. The highest BCUT2D eigenvalue weighted by Gasteiger charge is 2.29. The Bertz CT molecular complexity index is 889. The fourth-order valence-corrected chi connectivity index (χ4v) is 3.05. The second-order valence-corrected chi connectivity index (χ2v) is 7.92. The van der Waals surface area contributed by atoms with E-state index in [0.717, 1.165) is 12.1 Å². The number of benzene rings is 2. The van der Waals surface area contributed by atoms with Gasteiger partial charge >= 0.3 is 6.18 Å². The molecule has 2 aromatic rings. The van der Waals surface area contributed by atoms with Crippen LogP contribution in [-0.4, -0.2) is 26.3 Å².